The van der Waals surface area contributed by atoms with E-state index in [0.29, 0.717) is 18.1 Å². The predicted molar refractivity (Wildman–Crippen MR) is 100 cm³/mol. The molecule has 24 heavy (non-hydrogen) atoms. The van der Waals surface area contributed by atoms with Crippen LogP contribution in [0, 0.1) is 17.2 Å². The van der Waals surface area contributed by atoms with Crippen molar-refractivity contribution in [1.82, 2.24) is 0 Å². The van der Waals surface area contributed by atoms with Crippen molar-refractivity contribution in [2.75, 3.05) is 6.61 Å². The summed E-state index contributed by atoms with van der Waals surface area (Å²) < 4.78 is 5.68. The van der Waals surface area contributed by atoms with Crippen LogP contribution in [0.25, 0.3) is 0 Å². The Bertz CT molecular complexity index is 523. The highest BCUT2D eigenvalue weighted by molar-refractivity contribution is 5.46. The summed E-state index contributed by atoms with van der Waals surface area (Å²) in [6.07, 6.45) is 13.2. The summed E-state index contributed by atoms with van der Waals surface area (Å²) in [5.41, 5.74) is 2.03. The molecule has 0 atom stereocenters. The highest BCUT2D eigenvalue weighted by Crippen LogP contribution is 2.38. The lowest BCUT2D eigenvalue weighted by atomic mass is 9.77. The number of ether oxygens (including phenoxy) is 1. The summed E-state index contributed by atoms with van der Waals surface area (Å²) in [6, 6.07) is 8.55. The van der Waals surface area contributed by atoms with E-state index in [9.17, 15) is 5.26 Å². The van der Waals surface area contributed by atoms with Crippen LogP contribution in [0.15, 0.2) is 18.2 Å². The van der Waals surface area contributed by atoms with Crippen LogP contribution < -0.4 is 4.74 Å². The first-order chi connectivity index (χ1) is 11.8. The van der Waals surface area contributed by atoms with Gasteiger partial charge in [-0.15, -0.1) is 0 Å². The van der Waals surface area contributed by atoms with Gasteiger partial charge in [0.25, 0.3) is 0 Å². The number of hydrogen-bond donors (Lipinski definition) is 0. The van der Waals surface area contributed by atoms with Crippen molar-refractivity contribution in [3.63, 3.8) is 0 Å². The number of benzene rings is 1. The van der Waals surface area contributed by atoms with E-state index < -0.39 is 0 Å². The molecule has 1 aromatic carbocycles. The number of hydrogen-bond acceptors (Lipinski definition) is 2. The fourth-order valence-corrected chi connectivity index (χ4v) is 3.87. The van der Waals surface area contributed by atoms with Crippen molar-refractivity contribution >= 4 is 0 Å². The molecule has 0 aromatic heterocycles. The molecule has 1 fully saturated rings. The maximum absolute atomic E-state index is 9.39. The van der Waals surface area contributed by atoms with Crippen LogP contribution in [0.2, 0.25) is 0 Å². The van der Waals surface area contributed by atoms with E-state index in [1.807, 2.05) is 6.07 Å². The lowest BCUT2D eigenvalue weighted by Gasteiger charge is -2.29. The molecule has 0 heterocycles. The minimum absolute atomic E-state index is 0.629. The summed E-state index contributed by atoms with van der Waals surface area (Å²) in [4.78, 5) is 0. The SMILES string of the molecule is CCCCCCC1CCC(c2ccc(OCCC)c(C#N)c2)CC1. The highest BCUT2D eigenvalue weighted by atomic mass is 16.5. The van der Waals surface area contributed by atoms with Gasteiger partial charge in [0.05, 0.1) is 12.2 Å². The molecular formula is C22H33NO. The Morgan fingerprint density at radius 2 is 1.83 bits per heavy atom. The first kappa shape index (κ1) is 18.8. The van der Waals surface area contributed by atoms with Crippen molar-refractivity contribution in [2.45, 2.75) is 84.0 Å². The average molecular weight is 328 g/mol. The van der Waals surface area contributed by atoms with Gasteiger partial charge in [0.15, 0.2) is 0 Å². The molecule has 0 spiro atoms. The van der Waals surface area contributed by atoms with Crippen molar-refractivity contribution in [3.8, 4) is 11.8 Å². The van der Waals surface area contributed by atoms with Gasteiger partial charge in [-0.3, -0.25) is 0 Å². The van der Waals surface area contributed by atoms with E-state index in [1.165, 1.54) is 63.4 Å². The van der Waals surface area contributed by atoms with Gasteiger partial charge in [0.1, 0.15) is 11.8 Å². The summed E-state index contributed by atoms with van der Waals surface area (Å²) >= 11 is 0. The van der Waals surface area contributed by atoms with E-state index in [0.717, 1.165) is 18.1 Å². The molecule has 0 radical (unpaired) electrons. The molecule has 2 heteroatoms. The molecule has 1 saturated carbocycles. The number of nitrogens with zero attached hydrogens (tertiary/aromatic N) is 1. The van der Waals surface area contributed by atoms with Gasteiger partial charge < -0.3 is 4.74 Å². The molecule has 0 saturated heterocycles. The van der Waals surface area contributed by atoms with E-state index in [4.69, 9.17) is 4.74 Å². The monoisotopic (exact) mass is 327 g/mol. The Morgan fingerprint density at radius 3 is 2.50 bits per heavy atom. The third kappa shape index (κ3) is 5.55. The fourth-order valence-electron chi connectivity index (χ4n) is 3.87. The summed E-state index contributed by atoms with van der Waals surface area (Å²) in [6.45, 7) is 5.04. The molecule has 132 valence electrons. The van der Waals surface area contributed by atoms with E-state index in [2.05, 4.69) is 32.0 Å². The zero-order valence-electron chi connectivity index (χ0n) is 15.5. The van der Waals surface area contributed by atoms with Crippen molar-refractivity contribution in [1.29, 1.82) is 5.26 Å². The Labute approximate surface area is 148 Å². The van der Waals surface area contributed by atoms with Gasteiger partial charge >= 0.3 is 0 Å². The van der Waals surface area contributed by atoms with Gasteiger partial charge in [0.2, 0.25) is 0 Å². The Balaban J connectivity index is 1.86. The third-order valence-electron chi connectivity index (χ3n) is 5.37. The van der Waals surface area contributed by atoms with Crippen LogP contribution >= 0.6 is 0 Å². The van der Waals surface area contributed by atoms with E-state index >= 15 is 0 Å². The molecule has 0 aliphatic heterocycles. The molecule has 1 aliphatic rings. The van der Waals surface area contributed by atoms with E-state index in [-0.39, 0.29) is 0 Å². The molecule has 1 aromatic rings. The number of unbranched alkanes of at least 4 members (excludes halogenated alkanes) is 3. The molecule has 0 amide bonds. The van der Waals surface area contributed by atoms with Crippen LogP contribution in [0.3, 0.4) is 0 Å². The zero-order valence-corrected chi connectivity index (χ0v) is 15.5. The molecule has 0 bridgehead atoms. The van der Waals surface area contributed by atoms with Crippen molar-refractivity contribution in [2.24, 2.45) is 5.92 Å². The summed E-state index contributed by atoms with van der Waals surface area (Å²) in [5.74, 6) is 2.30. The maximum Gasteiger partial charge on any atom is 0.137 e. The lowest BCUT2D eigenvalue weighted by molar-refractivity contribution is 0.301. The second kappa shape index (κ2) is 10.4. The molecule has 2 nitrogen and oxygen atoms in total. The second-order valence-electron chi connectivity index (χ2n) is 7.28. The smallest absolute Gasteiger partial charge is 0.137 e. The molecule has 0 unspecified atom stereocenters. The van der Waals surface area contributed by atoms with Crippen LogP contribution in [0.1, 0.15) is 95.1 Å². The minimum atomic E-state index is 0.629. The third-order valence-corrected chi connectivity index (χ3v) is 5.37. The number of nitriles is 1. The first-order valence-electron chi connectivity index (χ1n) is 9.95. The van der Waals surface area contributed by atoms with Crippen LogP contribution in [0.4, 0.5) is 0 Å². The topological polar surface area (TPSA) is 33.0 Å². The van der Waals surface area contributed by atoms with Gasteiger partial charge in [-0.1, -0.05) is 52.0 Å². The Hall–Kier alpha value is -1.49. The summed E-state index contributed by atoms with van der Waals surface area (Å²) in [7, 11) is 0. The van der Waals surface area contributed by atoms with Gasteiger partial charge in [-0.25, -0.2) is 0 Å². The summed E-state index contributed by atoms with van der Waals surface area (Å²) in [5, 5.41) is 9.39. The molecule has 0 N–H and O–H groups in total. The standard InChI is InChI=1S/C22H33NO/c1-3-5-6-7-8-18-9-11-19(12-10-18)20-13-14-22(24-15-4-2)21(16-20)17-23/h13-14,16,18-19H,3-12,15H2,1-2H3. The van der Waals surface area contributed by atoms with E-state index in [1.54, 1.807) is 0 Å². The number of rotatable bonds is 9. The highest BCUT2D eigenvalue weighted by Gasteiger charge is 2.22. The predicted octanol–water partition coefficient (Wildman–Crippen LogP) is 6.59. The zero-order chi connectivity index (χ0) is 17.2. The normalized spacial score (nSPS) is 20.5. The first-order valence-corrected chi connectivity index (χ1v) is 9.95. The lowest BCUT2D eigenvalue weighted by Crippen LogP contribution is -2.13. The quantitative estimate of drug-likeness (QED) is 0.479. The minimum Gasteiger partial charge on any atom is -0.492 e. The maximum atomic E-state index is 9.39. The van der Waals surface area contributed by atoms with Gasteiger partial charge in [0, 0.05) is 0 Å². The second-order valence-corrected chi connectivity index (χ2v) is 7.28. The van der Waals surface area contributed by atoms with Crippen LogP contribution in [-0.4, -0.2) is 6.61 Å². The average Bonchev–Trinajstić information content (AvgIpc) is 2.64. The largest absolute Gasteiger partial charge is 0.492 e. The van der Waals surface area contributed by atoms with Gasteiger partial charge in [-0.2, -0.15) is 5.26 Å². The molecule has 1 aliphatic carbocycles. The molecular weight excluding hydrogens is 294 g/mol. The van der Waals surface area contributed by atoms with Crippen molar-refractivity contribution < 1.29 is 4.74 Å². The Morgan fingerprint density at radius 1 is 1.04 bits per heavy atom. The van der Waals surface area contributed by atoms with Crippen molar-refractivity contribution in [3.05, 3.63) is 29.3 Å². The Kier molecular flexibility index (Phi) is 8.16. The molecule has 2 rings (SSSR count). The van der Waals surface area contributed by atoms with Crippen LogP contribution in [0.5, 0.6) is 5.75 Å². The fraction of sp³-hybridized carbons (Fsp3) is 0.682. The van der Waals surface area contributed by atoms with Gasteiger partial charge in [-0.05, 0) is 61.6 Å². The van der Waals surface area contributed by atoms with Crippen LogP contribution in [-0.2, 0) is 0 Å².